The molecule has 0 fully saturated rings. The maximum atomic E-state index is 8.90. The second-order valence-electron chi connectivity index (χ2n) is 4.41. The minimum Gasteiger partial charge on any atom is -0.396 e. The Balaban J connectivity index is 3.72. The molecule has 0 spiro atoms. The number of rotatable bonds is 7. The van der Waals surface area contributed by atoms with Crippen molar-refractivity contribution >= 4 is 0 Å². The largest absolute Gasteiger partial charge is 0.396 e. The molecule has 1 N–H and O–H groups in total. The van der Waals surface area contributed by atoms with Crippen LogP contribution >= 0.6 is 0 Å². The van der Waals surface area contributed by atoms with Gasteiger partial charge in [0.25, 0.3) is 0 Å². The van der Waals surface area contributed by atoms with Crippen LogP contribution in [0.1, 0.15) is 46.5 Å². The Hall–Kier alpha value is -0.0800. The number of aliphatic hydroxyl groups is 1. The summed E-state index contributed by atoms with van der Waals surface area (Å²) in [5, 5.41) is 8.90. The van der Waals surface area contributed by atoms with Crippen molar-refractivity contribution in [1.82, 2.24) is 4.90 Å². The molecule has 0 unspecified atom stereocenters. The van der Waals surface area contributed by atoms with E-state index in [9.17, 15) is 0 Å². The van der Waals surface area contributed by atoms with Crippen molar-refractivity contribution < 1.29 is 5.11 Å². The molecule has 0 aromatic carbocycles. The van der Waals surface area contributed by atoms with Crippen LogP contribution in [0, 0.1) is 0 Å². The topological polar surface area (TPSA) is 23.5 Å². The number of aliphatic hydroxyl groups excluding tert-OH is 1. The number of hydrogen-bond donors (Lipinski definition) is 1. The van der Waals surface area contributed by atoms with E-state index in [1.165, 1.54) is 19.3 Å². The predicted octanol–water partition coefficient (Wildman–Crippen LogP) is 2.27. The van der Waals surface area contributed by atoms with Crippen LogP contribution in [0.25, 0.3) is 0 Å². The lowest BCUT2D eigenvalue weighted by molar-refractivity contribution is 0.114. The van der Waals surface area contributed by atoms with Crippen molar-refractivity contribution in [2.24, 2.45) is 0 Å². The lowest BCUT2D eigenvalue weighted by atomic mass is 9.99. The van der Waals surface area contributed by atoms with Crippen LogP contribution in [0.15, 0.2) is 0 Å². The van der Waals surface area contributed by atoms with Crippen molar-refractivity contribution in [1.29, 1.82) is 0 Å². The van der Waals surface area contributed by atoms with Gasteiger partial charge in [-0.25, -0.2) is 0 Å². The summed E-state index contributed by atoms with van der Waals surface area (Å²) in [5.41, 5.74) is 0.141. The molecule has 2 nitrogen and oxygen atoms in total. The highest BCUT2D eigenvalue weighted by Crippen LogP contribution is 2.16. The molecule has 0 rings (SSSR count). The summed E-state index contributed by atoms with van der Waals surface area (Å²) in [4.78, 5) is 2.35. The zero-order valence-corrected chi connectivity index (χ0v) is 9.64. The Kier molecular flexibility index (Phi) is 6.35. The van der Waals surface area contributed by atoms with E-state index >= 15 is 0 Å². The first-order chi connectivity index (χ1) is 6.04. The molecule has 0 bridgehead atoms. The molecule has 13 heavy (non-hydrogen) atoms. The Morgan fingerprint density at radius 2 is 1.85 bits per heavy atom. The fourth-order valence-electron chi connectivity index (χ4n) is 1.37. The fraction of sp³-hybridized carbons (Fsp3) is 1.00. The minimum atomic E-state index is 0.141. The van der Waals surface area contributed by atoms with Crippen LogP contribution in [-0.2, 0) is 0 Å². The monoisotopic (exact) mass is 187 g/mol. The first-order valence-electron chi connectivity index (χ1n) is 5.36. The number of unbranched alkanes of at least 4 members (excludes halogenated alkanes) is 2. The molecule has 0 saturated carbocycles. The lowest BCUT2D eigenvalue weighted by Crippen LogP contribution is -2.42. The van der Waals surface area contributed by atoms with Gasteiger partial charge in [0.2, 0.25) is 0 Å². The molecular formula is C11H25NO. The van der Waals surface area contributed by atoms with E-state index in [2.05, 4.69) is 32.7 Å². The molecular weight excluding hydrogens is 162 g/mol. The minimum absolute atomic E-state index is 0.141. The third-order valence-electron chi connectivity index (χ3n) is 2.85. The molecule has 0 aliphatic heterocycles. The van der Waals surface area contributed by atoms with E-state index in [1.54, 1.807) is 0 Å². The Labute approximate surface area is 82.9 Å². The quantitative estimate of drug-likeness (QED) is 0.618. The van der Waals surface area contributed by atoms with Crippen LogP contribution in [0.2, 0.25) is 0 Å². The van der Waals surface area contributed by atoms with E-state index < -0.39 is 0 Å². The third kappa shape index (κ3) is 5.27. The van der Waals surface area contributed by atoms with Gasteiger partial charge in [-0.2, -0.15) is 0 Å². The summed E-state index contributed by atoms with van der Waals surface area (Å²) < 4.78 is 0. The third-order valence-corrected chi connectivity index (χ3v) is 2.85. The van der Waals surface area contributed by atoms with Gasteiger partial charge in [0, 0.05) is 12.1 Å². The molecule has 0 aliphatic rings. The van der Waals surface area contributed by atoms with Gasteiger partial charge in [0.15, 0.2) is 0 Å². The summed E-state index contributed by atoms with van der Waals surface area (Å²) in [6.45, 7) is 8.02. The van der Waals surface area contributed by atoms with Gasteiger partial charge >= 0.3 is 0 Å². The van der Waals surface area contributed by atoms with E-state index in [-0.39, 0.29) is 12.1 Å². The van der Waals surface area contributed by atoms with Gasteiger partial charge in [-0.15, -0.1) is 0 Å². The van der Waals surface area contributed by atoms with Gasteiger partial charge in [-0.3, -0.25) is 0 Å². The van der Waals surface area contributed by atoms with Crippen molar-refractivity contribution in [2.45, 2.75) is 52.0 Å². The summed E-state index contributed by atoms with van der Waals surface area (Å²) in [6.07, 6.45) is 4.70. The predicted molar refractivity (Wildman–Crippen MR) is 57.9 cm³/mol. The van der Waals surface area contributed by atoms with Gasteiger partial charge in [-0.1, -0.05) is 19.8 Å². The van der Waals surface area contributed by atoms with Gasteiger partial charge in [-0.05, 0) is 40.3 Å². The molecule has 0 saturated heterocycles. The second-order valence-corrected chi connectivity index (χ2v) is 4.41. The van der Waals surface area contributed by atoms with Crippen LogP contribution in [-0.4, -0.2) is 35.7 Å². The normalized spacial score (nSPS) is 12.5. The van der Waals surface area contributed by atoms with E-state index in [0.29, 0.717) is 0 Å². The van der Waals surface area contributed by atoms with Gasteiger partial charge < -0.3 is 10.0 Å². The molecule has 0 heterocycles. The van der Waals surface area contributed by atoms with E-state index in [4.69, 9.17) is 5.11 Å². The summed E-state index contributed by atoms with van der Waals surface area (Å²) in [5.74, 6) is 0. The average Bonchev–Trinajstić information content (AvgIpc) is 2.04. The van der Waals surface area contributed by atoms with Crippen molar-refractivity contribution in [3.8, 4) is 0 Å². The summed E-state index contributed by atoms with van der Waals surface area (Å²) in [7, 11) is 2.14. The second kappa shape index (κ2) is 6.39. The van der Waals surface area contributed by atoms with Crippen molar-refractivity contribution in [3.05, 3.63) is 0 Å². The highest BCUT2D eigenvalue weighted by molar-refractivity contribution is 4.78. The first kappa shape index (κ1) is 12.9. The van der Waals surface area contributed by atoms with E-state index in [0.717, 1.165) is 13.0 Å². The molecule has 0 aliphatic carbocycles. The highest BCUT2D eigenvalue weighted by atomic mass is 16.3. The van der Waals surface area contributed by atoms with Gasteiger partial charge in [0.05, 0.1) is 0 Å². The van der Waals surface area contributed by atoms with Crippen molar-refractivity contribution in [3.63, 3.8) is 0 Å². The standard InChI is InChI=1S/C11H25NO/c1-5-6-7-9-12(4)11(2,3)8-10-13/h13H,5-10H2,1-4H3. The fourth-order valence-corrected chi connectivity index (χ4v) is 1.37. The molecule has 0 aromatic heterocycles. The first-order valence-corrected chi connectivity index (χ1v) is 5.36. The molecule has 0 amide bonds. The summed E-state index contributed by atoms with van der Waals surface area (Å²) in [6, 6.07) is 0. The number of nitrogens with zero attached hydrogens (tertiary/aromatic N) is 1. The SMILES string of the molecule is CCCCCN(C)C(C)(C)CCO. The Morgan fingerprint density at radius 1 is 1.23 bits per heavy atom. The zero-order valence-electron chi connectivity index (χ0n) is 9.64. The van der Waals surface area contributed by atoms with Gasteiger partial charge in [0.1, 0.15) is 0 Å². The molecule has 0 radical (unpaired) electrons. The maximum Gasteiger partial charge on any atom is 0.0448 e. The van der Waals surface area contributed by atoms with E-state index in [1.807, 2.05) is 0 Å². The Morgan fingerprint density at radius 3 is 2.31 bits per heavy atom. The molecule has 0 aromatic rings. The average molecular weight is 187 g/mol. The molecule has 2 heteroatoms. The molecule has 0 atom stereocenters. The highest BCUT2D eigenvalue weighted by Gasteiger charge is 2.21. The lowest BCUT2D eigenvalue weighted by Gasteiger charge is -2.35. The van der Waals surface area contributed by atoms with Crippen LogP contribution in [0.3, 0.4) is 0 Å². The number of hydrogen-bond acceptors (Lipinski definition) is 2. The van der Waals surface area contributed by atoms with Crippen LogP contribution < -0.4 is 0 Å². The van der Waals surface area contributed by atoms with Crippen LogP contribution in [0.5, 0.6) is 0 Å². The zero-order chi connectivity index (χ0) is 10.3. The smallest absolute Gasteiger partial charge is 0.0448 e. The maximum absolute atomic E-state index is 8.90. The molecule has 80 valence electrons. The van der Waals surface area contributed by atoms with Crippen LogP contribution in [0.4, 0.5) is 0 Å². The summed E-state index contributed by atoms with van der Waals surface area (Å²) >= 11 is 0. The Bertz CT molecular complexity index is 123. The van der Waals surface area contributed by atoms with Crippen molar-refractivity contribution in [2.75, 3.05) is 20.2 Å².